The summed E-state index contributed by atoms with van der Waals surface area (Å²) in [5, 5.41) is 5.80. The standard InChI is InChI=1S/C18H28N2O2/c1-7-8-19-16(21)20-12-9-13(17(2,3)4)15-14(10-12)18(5,6)11-22-15/h9-10H,7-8,11H2,1-6H3,(H2,19,20,21). The molecule has 0 saturated heterocycles. The second-order valence-corrected chi connectivity index (χ2v) is 7.70. The number of hydrogen-bond acceptors (Lipinski definition) is 2. The van der Waals surface area contributed by atoms with Crippen molar-refractivity contribution in [1.29, 1.82) is 0 Å². The van der Waals surface area contributed by atoms with Crippen molar-refractivity contribution in [2.45, 2.75) is 58.8 Å². The van der Waals surface area contributed by atoms with Gasteiger partial charge in [-0.15, -0.1) is 0 Å². The number of carbonyl (C=O) groups excluding carboxylic acids is 1. The van der Waals surface area contributed by atoms with E-state index in [1.807, 2.05) is 19.1 Å². The largest absolute Gasteiger partial charge is 0.492 e. The van der Waals surface area contributed by atoms with Gasteiger partial charge in [0.2, 0.25) is 0 Å². The van der Waals surface area contributed by atoms with Crippen LogP contribution in [-0.2, 0) is 10.8 Å². The fourth-order valence-electron chi connectivity index (χ4n) is 2.66. The first kappa shape index (κ1) is 16.7. The van der Waals surface area contributed by atoms with E-state index >= 15 is 0 Å². The van der Waals surface area contributed by atoms with Crippen LogP contribution in [-0.4, -0.2) is 19.2 Å². The summed E-state index contributed by atoms with van der Waals surface area (Å²) >= 11 is 0. The molecule has 4 heteroatoms. The van der Waals surface area contributed by atoms with Crippen LogP contribution in [0.4, 0.5) is 10.5 Å². The van der Waals surface area contributed by atoms with Crippen LogP contribution >= 0.6 is 0 Å². The lowest BCUT2D eigenvalue weighted by Crippen LogP contribution is -2.29. The minimum absolute atomic E-state index is 0.0348. The molecule has 0 spiro atoms. The lowest BCUT2D eigenvalue weighted by molar-refractivity contribution is 0.252. The van der Waals surface area contributed by atoms with Gasteiger partial charge >= 0.3 is 6.03 Å². The Kier molecular flexibility index (Phi) is 4.41. The van der Waals surface area contributed by atoms with E-state index in [1.54, 1.807) is 0 Å². The minimum atomic E-state index is -0.154. The van der Waals surface area contributed by atoms with E-state index < -0.39 is 0 Å². The van der Waals surface area contributed by atoms with Gasteiger partial charge in [-0.2, -0.15) is 0 Å². The lowest BCUT2D eigenvalue weighted by Gasteiger charge is -2.24. The molecule has 2 rings (SSSR count). The maximum Gasteiger partial charge on any atom is 0.319 e. The number of hydrogen-bond donors (Lipinski definition) is 2. The first-order valence-electron chi connectivity index (χ1n) is 8.02. The molecule has 0 unspecified atom stereocenters. The first-order valence-corrected chi connectivity index (χ1v) is 8.02. The summed E-state index contributed by atoms with van der Waals surface area (Å²) in [6.45, 7) is 14.2. The Morgan fingerprint density at radius 1 is 1.32 bits per heavy atom. The van der Waals surface area contributed by atoms with Crippen molar-refractivity contribution in [2.75, 3.05) is 18.5 Å². The molecule has 1 aromatic rings. The summed E-state index contributed by atoms with van der Waals surface area (Å²) in [4.78, 5) is 11.9. The lowest BCUT2D eigenvalue weighted by atomic mass is 9.80. The minimum Gasteiger partial charge on any atom is -0.492 e. The number of rotatable bonds is 3. The third kappa shape index (κ3) is 3.37. The molecule has 1 aromatic carbocycles. The van der Waals surface area contributed by atoms with E-state index in [9.17, 15) is 4.79 Å². The van der Waals surface area contributed by atoms with E-state index in [4.69, 9.17) is 4.74 Å². The number of carbonyl (C=O) groups is 1. The van der Waals surface area contributed by atoms with Crippen molar-refractivity contribution in [3.05, 3.63) is 23.3 Å². The molecule has 0 fully saturated rings. The van der Waals surface area contributed by atoms with E-state index in [-0.39, 0.29) is 16.9 Å². The van der Waals surface area contributed by atoms with E-state index in [1.165, 1.54) is 5.56 Å². The van der Waals surface area contributed by atoms with Crippen molar-refractivity contribution in [2.24, 2.45) is 0 Å². The Morgan fingerprint density at radius 3 is 2.59 bits per heavy atom. The molecule has 122 valence electrons. The number of anilines is 1. The van der Waals surface area contributed by atoms with Crippen molar-refractivity contribution in [3.63, 3.8) is 0 Å². The zero-order chi connectivity index (χ0) is 16.5. The first-order chi connectivity index (χ1) is 10.1. The average molecular weight is 304 g/mol. The van der Waals surface area contributed by atoms with Gasteiger partial charge in [0.05, 0.1) is 6.61 Å². The summed E-state index contributed by atoms with van der Waals surface area (Å²) in [6, 6.07) is 3.92. The van der Waals surface area contributed by atoms with Gasteiger partial charge in [0.15, 0.2) is 0 Å². The number of urea groups is 1. The van der Waals surface area contributed by atoms with Gasteiger partial charge in [0.25, 0.3) is 0 Å². The van der Waals surface area contributed by atoms with Crippen LogP contribution < -0.4 is 15.4 Å². The normalized spacial score (nSPS) is 15.9. The van der Waals surface area contributed by atoms with Crippen LogP contribution in [0.15, 0.2) is 12.1 Å². The fraction of sp³-hybridized carbons (Fsp3) is 0.611. The van der Waals surface area contributed by atoms with Gasteiger partial charge in [-0.1, -0.05) is 41.5 Å². The number of amides is 2. The predicted molar refractivity (Wildman–Crippen MR) is 91.0 cm³/mol. The van der Waals surface area contributed by atoms with Crippen LogP contribution in [0.3, 0.4) is 0 Å². The van der Waals surface area contributed by atoms with Gasteiger partial charge in [-0.05, 0) is 24.0 Å². The molecule has 0 aromatic heterocycles. The molecule has 22 heavy (non-hydrogen) atoms. The van der Waals surface area contributed by atoms with E-state index in [0.29, 0.717) is 13.2 Å². The monoisotopic (exact) mass is 304 g/mol. The maximum atomic E-state index is 11.9. The highest BCUT2D eigenvalue weighted by Gasteiger charge is 2.36. The third-order valence-corrected chi connectivity index (χ3v) is 4.00. The summed E-state index contributed by atoms with van der Waals surface area (Å²) in [7, 11) is 0. The van der Waals surface area contributed by atoms with Crippen LogP contribution in [0.2, 0.25) is 0 Å². The molecule has 2 N–H and O–H groups in total. The van der Waals surface area contributed by atoms with Gasteiger partial charge < -0.3 is 15.4 Å². The Hall–Kier alpha value is -1.71. The Morgan fingerprint density at radius 2 is 2.00 bits per heavy atom. The molecule has 0 aliphatic carbocycles. The molecule has 0 bridgehead atoms. The second-order valence-electron chi connectivity index (χ2n) is 7.70. The average Bonchev–Trinajstić information content (AvgIpc) is 2.71. The van der Waals surface area contributed by atoms with Gasteiger partial charge in [0, 0.05) is 28.8 Å². The molecular weight excluding hydrogens is 276 g/mol. The summed E-state index contributed by atoms with van der Waals surface area (Å²) in [5.41, 5.74) is 3.07. The van der Waals surface area contributed by atoms with Crippen molar-refractivity contribution >= 4 is 11.7 Å². The van der Waals surface area contributed by atoms with Gasteiger partial charge in [-0.25, -0.2) is 4.79 Å². The van der Waals surface area contributed by atoms with Crippen LogP contribution in [0.1, 0.15) is 59.1 Å². The number of ether oxygens (including phenoxy) is 1. The quantitative estimate of drug-likeness (QED) is 0.880. The number of nitrogens with one attached hydrogen (secondary N) is 2. The Bertz CT molecular complexity index is 571. The molecule has 0 atom stereocenters. The molecule has 0 radical (unpaired) electrons. The highest BCUT2D eigenvalue weighted by atomic mass is 16.5. The van der Waals surface area contributed by atoms with Gasteiger partial charge in [0.1, 0.15) is 5.75 Å². The van der Waals surface area contributed by atoms with Crippen LogP contribution in [0.5, 0.6) is 5.75 Å². The van der Waals surface area contributed by atoms with Crippen LogP contribution in [0, 0.1) is 0 Å². The smallest absolute Gasteiger partial charge is 0.319 e. The predicted octanol–water partition coefficient (Wildman–Crippen LogP) is 4.19. The highest BCUT2D eigenvalue weighted by molar-refractivity contribution is 5.89. The molecular formula is C18H28N2O2. The summed E-state index contributed by atoms with van der Waals surface area (Å²) < 4.78 is 5.97. The van der Waals surface area contributed by atoms with Crippen LogP contribution in [0.25, 0.3) is 0 Å². The fourth-order valence-corrected chi connectivity index (χ4v) is 2.66. The topological polar surface area (TPSA) is 50.4 Å². The molecule has 2 amide bonds. The zero-order valence-electron chi connectivity index (χ0n) is 14.6. The van der Waals surface area contributed by atoms with E-state index in [2.05, 4.69) is 45.3 Å². The van der Waals surface area contributed by atoms with Crippen molar-refractivity contribution < 1.29 is 9.53 Å². The number of benzene rings is 1. The number of fused-ring (bicyclic) bond motifs is 1. The molecule has 4 nitrogen and oxygen atoms in total. The molecule has 0 saturated carbocycles. The Labute approximate surface area is 133 Å². The molecule has 1 heterocycles. The van der Waals surface area contributed by atoms with Crippen molar-refractivity contribution in [1.82, 2.24) is 5.32 Å². The second kappa shape index (κ2) is 5.82. The summed E-state index contributed by atoms with van der Waals surface area (Å²) in [5.74, 6) is 0.983. The maximum absolute atomic E-state index is 11.9. The molecule has 1 aliphatic rings. The highest BCUT2D eigenvalue weighted by Crippen LogP contribution is 2.46. The van der Waals surface area contributed by atoms with Crippen molar-refractivity contribution in [3.8, 4) is 5.75 Å². The van der Waals surface area contributed by atoms with Gasteiger partial charge in [-0.3, -0.25) is 0 Å². The summed E-state index contributed by atoms with van der Waals surface area (Å²) in [6.07, 6.45) is 0.922. The Balaban J connectivity index is 2.39. The third-order valence-electron chi connectivity index (χ3n) is 4.00. The zero-order valence-corrected chi connectivity index (χ0v) is 14.6. The molecule has 1 aliphatic heterocycles. The SMILES string of the molecule is CCCNC(=O)Nc1cc(C(C)(C)C)c2c(c1)C(C)(C)CO2. The van der Waals surface area contributed by atoms with E-state index in [0.717, 1.165) is 23.4 Å².